The number of amides is 3. The van der Waals surface area contributed by atoms with Crippen LogP contribution in [0.4, 0.5) is 0 Å². The zero-order valence-electron chi connectivity index (χ0n) is 9.76. The first-order valence-electron chi connectivity index (χ1n) is 5.46. The second-order valence-corrected chi connectivity index (χ2v) is 3.49. The molecular formula is C11H14N2O5. The van der Waals surface area contributed by atoms with Gasteiger partial charge in [0.25, 0.3) is 11.8 Å². The standard InChI is InChI=1S/C11H14N2O5/c14-6-4-12-9(15)3-7-18-8-5-13-10(16)1-2-11(13)17/h1-2,6H,3-5,7-8H2,(H,12,15). The van der Waals surface area contributed by atoms with Gasteiger partial charge in [-0.2, -0.15) is 0 Å². The highest BCUT2D eigenvalue weighted by Crippen LogP contribution is 2.02. The number of nitrogens with one attached hydrogen (secondary N) is 1. The molecule has 0 aromatic heterocycles. The van der Waals surface area contributed by atoms with Gasteiger partial charge in [-0.25, -0.2) is 0 Å². The SMILES string of the molecule is O=CCNC(=O)CCOCCN1C(=O)C=CC1=O. The molecule has 0 radical (unpaired) electrons. The molecule has 0 aliphatic carbocycles. The van der Waals surface area contributed by atoms with E-state index < -0.39 is 0 Å². The molecular weight excluding hydrogens is 240 g/mol. The normalized spacial score (nSPS) is 14.1. The van der Waals surface area contributed by atoms with Crippen LogP contribution in [0.25, 0.3) is 0 Å². The third-order valence-electron chi connectivity index (χ3n) is 2.22. The minimum absolute atomic E-state index is 0.0126. The first-order valence-corrected chi connectivity index (χ1v) is 5.46. The van der Waals surface area contributed by atoms with E-state index in [-0.39, 0.29) is 50.4 Å². The van der Waals surface area contributed by atoms with E-state index in [9.17, 15) is 19.2 Å². The second-order valence-electron chi connectivity index (χ2n) is 3.49. The van der Waals surface area contributed by atoms with Crippen molar-refractivity contribution in [3.05, 3.63) is 12.2 Å². The van der Waals surface area contributed by atoms with Crippen LogP contribution in [0.5, 0.6) is 0 Å². The fourth-order valence-electron chi connectivity index (χ4n) is 1.32. The van der Waals surface area contributed by atoms with Crippen molar-refractivity contribution in [2.45, 2.75) is 6.42 Å². The average molecular weight is 254 g/mol. The van der Waals surface area contributed by atoms with E-state index in [1.807, 2.05) is 0 Å². The van der Waals surface area contributed by atoms with Crippen molar-refractivity contribution < 1.29 is 23.9 Å². The molecule has 3 amide bonds. The van der Waals surface area contributed by atoms with Crippen LogP contribution in [0, 0.1) is 0 Å². The van der Waals surface area contributed by atoms with E-state index in [1.54, 1.807) is 0 Å². The Kier molecular flexibility index (Phi) is 5.72. The van der Waals surface area contributed by atoms with Gasteiger partial charge >= 0.3 is 0 Å². The molecule has 0 unspecified atom stereocenters. The van der Waals surface area contributed by atoms with Crippen molar-refractivity contribution in [1.29, 1.82) is 0 Å². The molecule has 7 nitrogen and oxygen atoms in total. The van der Waals surface area contributed by atoms with Gasteiger partial charge < -0.3 is 14.8 Å². The Morgan fingerprint density at radius 3 is 2.56 bits per heavy atom. The number of carbonyl (C=O) groups is 4. The first kappa shape index (κ1) is 14.0. The Balaban J connectivity index is 2.05. The number of carbonyl (C=O) groups excluding carboxylic acids is 4. The van der Waals surface area contributed by atoms with Gasteiger partial charge in [0.15, 0.2) is 0 Å². The molecule has 0 fully saturated rings. The maximum atomic E-state index is 11.1. The summed E-state index contributed by atoms with van der Waals surface area (Å²) in [7, 11) is 0. The molecule has 1 aliphatic rings. The zero-order chi connectivity index (χ0) is 13.4. The van der Waals surface area contributed by atoms with Gasteiger partial charge in [-0.1, -0.05) is 0 Å². The molecule has 0 saturated carbocycles. The molecule has 0 saturated heterocycles. The molecule has 1 rings (SSSR count). The lowest BCUT2D eigenvalue weighted by atomic mass is 10.4. The van der Waals surface area contributed by atoms with Crippen molar-refractivity contribution >= 4 is 24.0 Å². The number of ether oxygens (including phenoxy) is 1. The summed E-state index contributed by atoms with van der Waals surface area (Å²) in [6.45, 7) is 0.510. The minimum Gasteiger partial charge on any atom is -0.379 e. The Bertz CT molecular complexity index is 360. The predicted molar refractivity (Wildman–Crippen MR) is 60.4 cm³/mol. The molecule has 1 heterocycles. The van der Waals surface area contributed by atoms with Crippen molar-refractivity contribution in [3.63, 3.8) is 0 Å². The molecule has 18 heavy (non-hydrogen) atoms. The Labute approximate surface area is 104 Å². The summed E-state index contributed by atoms with van der Waals surface area (Å²) in [5.41, 5.74) is 0. The highest BCUT2D eigenvalue weighted by Gasteiger charge is 2.22. The van der Waals surface area contributed by atoms with Crippen LogP contribution in [0.1, 0.15) is 6.42 Å². The summed E-state index contributed by atoms with van der Waals surface area (Å²) in [5, 5.41) is 2.36. The van der Waals surface area contributed by atoms with Crippen molar-refractivity contribution in [3.8, 4) is 0 Å². The number of imide groups is 1. The third-order valence-corrected chi connectivity index (χ3v) is 2.22. The second kappa shape index (κ2) is 7.33. The Morgan fingerprint density at radius 1 is 1.28 bits per heavy atom. The van der Waals surface area contributed by atoms with Gasteiger partial charge in [0, 0.05) is 18.6 Å². The van der Waals surface area contributed by atoms with Crippen molar-refractivity contribution in [2.24, 2.45) is 0 Å². The Morgan fingerprint density at radius 2 is 1.94 bits per heavy atom. The van der Waals surface area contributed by atoms with Crippen LogP contribution in [0.2, 0.25) is 0 Å². The molecule has 7 heteroatoms. The predicted octanol–water partition coefficient (Wildman–Crippen LogP) is -1.37. The lowest BCUT2D eigenvalue weighted by Gasteiger charge is -2.13. The molecule has 98 valence electrons. The van der Waals surface area contributed by atoms with Gasteiger partial charge in [0.2, 0.25) is 5.91 Å². The van der Waals surface area contributed by atoms with E-state index in [0.717, 1.165) is 4.90 Å². The van der Waals surface area contributed by atoms with Crippen LogP contribution in [-0.4, -0.2) is 55.2 Å². The maximum Gasteiger partial charge on any atom is 0.253 e. The summed E-state index contributed by atoms with van der Waals surface area (Å²) in [6, 6.07) is 0. The van der Waals surface area contributed by atoms with Gasteiger partial charge in [-0.05, 0) is 0 Å². The van der Waals surface area contributed by atoms with Gasteiger partial charge in [-0.15, -0.1) is 0 Å². The monoisotopic (exact) mass is 254 g/mol. The van der Waals surface area contributed by atoms with Crippen LogP contribution >= 0.6 is 0 Å². The average Bonchev–Trinajstić information content (AvgIpc) is 2.67. The van der Waals surface area contributed by atoms with Crippen molar-refractivity contribution in [2.75, 3.05) is 26.3 Å². The van der Waals surface area contributed by atoms with E-state index in [1.165, 1.54) is 12.2 Å². The highest BCUT2D eigenvalue weighted by molar-refractivity contribution is 6.12. The summed E-state index contributed by atoms with van der Waals surface area (Å²) < 4.78 is 5.12. The molecule has 0 aromatic rings. The summed E-state index contributed by atoms with van der Waals surface area (Å²) in [4.78, 5) is 44.4. The van der Waals surface area contributed by atoms with E-state index in [4.69, 9.17) is 4.74 Å². The minimum atomic E-state index is -0.354. The van der Waals surface area contributed by atoms with Crippen LogP contribution in [0.3, 0.4) is 0 Å². The van der Waals surface area contributed by atoms with E-state index in [2.05, 4.69) is 5.32 Å². The zero-order valence-corrected chi connectivity index (χ0v) is 9.76. The Hall–Kier alpha value is -2.02. The summed E-state index contributed by atoms with van der Waals surface area (Å²) >= 11 is 0. The molecule has 1 N–H and O–H groups in total. The largest absolute Gasteiger partial charge is 0.379 e. The smallest absolute Gasteiger partial charge is 0.253 e. The van der Waals surface area contributed by atoms with Gasteiger partial charge in [-0.3, -0.25) is 19.3 Å². The fourth-order valence-corrected chi connectivity index (χ4v) is 1.32. The highest BCUT2D eigenvalue weighted by atomic mass is 16.5. The van der Waals surface area contributed by atoms with E-state index >= 15 is 0 Å². The molecule has 0 bridgehead atoms. The molecule has 0 aromatic carbocycles. The number of hydrogen-bond donors (Lipinski definition) is 1. The lowest BCUT2D eigenvalue weighted by molar-refractivity contribution is -0.138. The number of rotatable bonds is 8. The topological polar surface area (TPSA) is 92.8 Å². The molecule has 1 aliphatic heterocycles. The third kappa shape index (κ3) is 4.46. The number of aldehydes is 1. The number of hydrogen-bond acceptors (Lipinski definition) is 5. The maximum absolute atomic E-state index is 11.1. The van der Waals surface area contributed by atoms with Crippen LogP contribution < -0.4 is 5.32 Å². The summed E-state index contributed by atoms with van der Waals surface area (Å²) in [5.74, 6) is -0.989. The van der Waals surface area contributed by atoms with Crippen molar-refractivity contribution in [1.82, 2.24) is 10.2 Å². The fraction of sp³-hybridized carbons (Fsp3) is 0.455. The quantitative estimate of drug-likeness (QED) is 0.328. The van der Waals surface area contributed by atoms with Crippen LogP contribution in [0.15, 0.2) is 12.2 Å². The molecule has 0 atom stereocenters. The lowest BCUT2D eigenvalue weighted by Crippen LogP contribution is -2.33. The first-order chi connectivity index (χ1) is 8.65. The van der Waals surface area contributed by atoms with E-state index in [0.29, 0.717) is 6.29 Å². The number of nitrogens with zero attached hydrogens (tertiary/aromatic N) is 1. The van der Waals surface area contributed by atoms with Gasteiger partial charge in [0.1, 0.15) is 6.29 Å². The summed E-state index contributed by atoms with van der Waals surface area (Å²) in [6.07, 6.45) is 3.13. The van der Waals surface area contributed by atoms with Gasteiger partial charge in [0.05, 0.1) is 26.3 Å². The van der Waals surface area contributed by atoms with Crippen LogP contribution in [-0.2, 0) is 23.9 Å². The molecule has 0 spiro atoms.